The van der Waals surface area contributed by atoms with E-state index in [2.05, 4.69) is 27.3 Å². The molecule has 9 heteroatoms. The molecule has 1 aromatic heterocycles. The number of fused-ring (bicyclic) bond motifs is 1. The molecule has 0 unspecified atom stereocenters. The summed E-state index contributed by atoms with van der Waals surface area (Å²) in [6.07, 6.45) is 4.38. The molecule has 1 amide bonds. The van der Waals surface area contributed by atoms with Gasteiger partial charge in [-0.15, -0.1) is 0 Å². The number of imidazole rings is 1. The summed E-state index contributed by atoms with van der Waals surface area (Å²) in [5.41, 5.74) is 3.50. The van der Waals surface area contributed by atoms with Gasteiger partial charge >= 0.3 is 0 Å². The first kappa shape index (κ1) is 24.4. The number of nitrogens with one attached hydrogen (secondary N) is 1. The molecule has 1 aliphatic heterocycles. The zero-order valence-corrected chi connectivity index (χ0v) is 20.9. The van der Waals surface area contributed by atoms with Gasteiger partial charge in [0.15, 0.2) is 0 Å². The maximum absolute atomic E-state index is 12.5. The van der Waals surface area contributed by atoms with Crippen LogP contribution in [0.1, 0.15) is 30.7 Å². The fraction of sp³-hybridized carbons (Fsp3) is 0.440. The minimum atomic E-state index is -3.53. The molecular formula is C25H33N5O3S. The van der Waals surface area contributed by atoms with E-state index < -0.39 is 10.0 Å². The molecule has 182 valence electrons. The Kier molecular flexibility index (Phi) is 7.35. The number of sulfonamides is 1. The predicted octanol–water partition coefficient (Wildman–Crippen LogP) is 3.03. The largest absolute Gasteiger partial charge is 0.331 e. The van der Waals surface area contributed by atoms with Gasteiger partial charge in [-0.2, -0.15) is 0 Å². The van der Waals surface area contributed by atoms with E-state index in [0.717, 1.165) is 30.0 Å². The van der Waals surface area contributed by atoms with Crippen LogP contribution in [0.4, 0.5) is 5.69 Å². The fourth-order valence-corrected chi connectivity index (χ4v) is 5.24. The maximum atomic E-state index is 12.5. The quantitative estimate of drug-likeness (QED) is 0.506. The summed E-state index contributed by atoms with van der Waals surface area (Å²) in [4.78, 5) is 19.8. The van der Waals surface area contributed by atoms with Crippen molar-refractivity contribution in [2.24, 2.45) is 7.05 Å². The summed E-state index contributed by atoms with van der Waals surface area (Å²) in [6.45, 7) is 3.50. The van der Waals surface area contributed by atoms with E-state index >= 15 is 0 Å². The highest BCUT2D eigenvalue weighted by Crippen LogP contribution is 2.22. The number of anilines is 1. The average molecular weight is 484 g/mol. The van der Waals surface area contributed by atoms with Crippen molar-refractivity contribution in [3.63, 3.8) is 0 Å². The summed E-state index contributed by atoms with van der Waals surface area (Å²) in [6, 6.07) is 13.0. The zero-order valence-electron chi connectivity index (χ0n) is 20.1. The van der Waals surface area contributed by atoms with Crippen LogP contribution < -0.4 is 5.32 Å². The van der Waals surface area contributed by atoms with E-state index in [1.54, 1.807) is 18.2 Å². The first-order valence-electron chi connectivity index (χ1n) is 11.7. The van der Waals surface area contributed by atoms with Crippen molar-refractivity contribution in [2.45, 2.75) is 37.0 Å². The number of rotatable bonds is 9. The van der Waals surface area contributed by atoms with E-state index in [0.29, 0.717) is 11.9 Å². The maximum Gasteiger partial charge on any atom is 0.242 e. The highest BCUT2D eigenvalue weighted by Gasteiger charge is 2.19. The third-order valence-corrected chi connectivity index (χ3v) is 8.26. The Morgan fingerprint density at radius 2 is 1.76 bits per heavy atom. The molecule has 1 saturated heterocycles. The lowest BCUT2D eigenvalue weighted by Crippen LogP contribution is -2.22. The van der Waals surface area contributed by atoms with Crippen LogP contribution >= 0.6 is 0 Å². The highest BCUT2D eigenvalue weighted by atomic mass is 32.2. The van der Waals surface area contributed by atoms with Crippen molar-refractivity contribution in [3.8, 4) is 0 Å². The van der Waals surface area contributed by atoms with Crippen molar-refractivity contribution < 1.29 is 13.2 Å². The number of benzene rings is 2. The van der Waals surface area contributed by atoms with Gasteiger partial charge in [-0.1, -0.05) is 12.1 Å². The second-order valence-corrected chi connectivity index (χ2v) is 11.2. The van der Waals surface area contributed by atoms with Gasteiger partial charge < -0.3 is 14.8 Å². The molecule has 1 N–H and O–H groups in total. The topological polar surface area (TPSA) is 87.5 Å². The fourth-order valence-electron chi connectivity index (χ4n) is 4.32. The molecule has 2 heterocycles. The van der Waals surface area contributed by atoms with Crippen molar-refractivity contribution in [1.82, 2.24) is 18.8 Å². The lowest BCUT2D eigenvalue weighted by Gasteiger charge is -2.14. The first-order valence-corrected chi connectivity index (χ1v) is 13.2. The van der Waals surface area contributed by atoms with E-state index in [4.69, 9.17) is 0 Å². The van der Waals surface area contributed by atoms with Crippen LogP contribution in [0.15, 0.2) is 47.4 Å². The minimum absolute atomic E-state index is 0.0762. The van der Waals surface area contributed by atoms with Gasteiger partial charge in [-0.05, 0) is 68.2 Å². The highest BCUT2D eigenvalue weighted by molar-refractivity contribution is 7.89. The Bertz CT molecular complexity index is 1260. The number of carbonyl (C=O) groups excluding carboxylic acids is 1. The second-order valence-electron chi connectivity index (χ2n) is 9.07. The number of hydrogen-bond donors (Lipinski definition) is 1. The van der Waals surface area contributed by atoms with Crippen LogP contribution in [-0.2, 0) is 34.7 Å². The summed E-state index contributed by atoms with van der Waals surface area (Å²) < 4.78 is 27.9. The molecule has 1 fully saturated rings. The number of nitrogens with zero attached hydrogens (tertiary/aromatic N) is 4. The Morgan fingerprint density at radius 1 is 1.06 bits per heavy atom. The van der Waals surface area contributed by atoms with Crippen molar-refractivity contribution in [2.75, 3.05) is 39.0 Å². The SMILES string of the molecule is CN(C)S(=O)(=O)c1ccc2c(c1)nc(CCC(=O)Nc1ccc(CCN3CCCC3)cc1)n2C. The molecule has 0 radical (unpaired) electrons. The van der Waals surface area contributed by atoms with Gasteiger partial charge in [0.25, 0.3) is 0 Å². The van der Waals surface area contributed by atoms with Gasteiger partial charge in [0.05, 0.1) is 15.9 Å². The monoisotopic (exact) mass is 483 g/mol. The first-order chi connectivity index (χ1) is 16.2. The third kappa shape index (κ3) is 5.48. The molecule has 3 aromatic rings. The molecule has 1 aliphatic rings. The summed E-state index contributed by atoms with van der Waals surface area (Å²) in [5.74, 6) is 0.662. The smallest absolute Gasteiger partial charge is 0.242 e. The molecule has 0 saturated carbocycles. The molecule has 0 atom stereocenters. The Balaban J connectivity index is 1.34. The lowest BCUT2D eigenvalue weighted by atomic mass is 10.1. The van der Waals surface area contributed by atoms with Crippen LogP contribution in [0.25, 0.3) is 11.0 Å². The molecule has 34 heavy (non-hydrogen) atoms. The van der Waals surface area contributed by atoms with Crippen molar-refractivity contribution >= 4 is 32.7 Å². The molecule has 2 aromatic carbocycles. The summed E-state index contributed by atoms with van der Waals surface area (Å²) in [7, 11) is 1.36. The summed E-state index contributed by atoms with van der Waals surface area (Å²) >= 11 is 0. The van der Waals surface area contributed by atoms with Gasteiger partial charge in [0.1, 0.15) is 5.82 Å². The number of aromatic nitrogens is 2. The van der Waals surface area contributed by atoms with E-state index in [-0.39, 0.29) is 17.2 Å². The molecule has 4 rings (SSSR count). The molecule has 0 aliphatic carbocycles. The Morgan fingerprint density at radius 3 is 2.44 bits per heavy atom. The standard InChI is InChI=1S/C25H33N5O3S/c1-28(2)34(32,33)21-10-11-23-22(18-21)27-24(29(23)3)12-13-25(31)26-20-8-6-19(7-9-20)14-17-30-15-4-5-16-30/h6-11,18H,4-5,12-17H2,1-3H3,(H,26,31). The van der Waals surface area contributed by atoms with Crippen LogP contribution in [0, 0.1) is 0 Å². The van der Waals surface area contributed by atoms with Crippen LogP contribution in [0.3, 0.4) is 0 Å². The number of carbonyl (C=O) groups is 1. The molecule has 0 spiro atoms. The molecule has 0 bridgehead atoms. The average Bonchev–Trinajstić information content (AvgIpc) is 3.45. The van der Waals surface area contributed by atoms with Crippen LogP contribution in [0.2, 0.25) is 0 Å². The third-order valence-electron chi connectivity index (χ3n) is 6.45. The van der Waals surface area contributed by atoms with E-state index in [9.17, 15) is 13.2 Å². The van der Waals surface area contributed by atoms with E-state index in [1.165, 1.54) is 49.9 Å². The Hall–Kier alpha value is -2.75. The van der Waals surface area contributed by atoms with Crippen LogP contribution in [0.5, 0.6) is 0 Å². The minimum Gasteiger partial charge on any atom is -0.331 e. The number of hydrogen-bond acceptors (Lipinski definition) is 5. The normalized spacial score (nSPS) is 14.8. The van der Waals surface area contributed by atoms with Crippen molar-refractivity contribution in [3.05, 3.63) is 53.9 Å². The number of likely N-dealkylation sites (tertiary alicyclic amines) is 1. The molecular weight excluding hydrogens is 450 g/mol. The Labute approximate surface area is 201 Å². The van der Waals surface area contributed by atoms with Gasteiger partial charge in [0, 0.05) is 46.2 Å². The zero-order chi connectivity index (χ0) is 24.3. The van der Waals surface area contributed by atoms with Crippen molar-refractivity contribution in [1.29, 1.82) is 0 Å². The predicted molar refractivity (Wildman–Crippen MR) is 134 cm³/mol. The van der Waals surface area contributed by atoms with E-state index in [1.807, 2.05) is 23.7 Å². The van der Waals surface area contributed by atoms with Gasteiger partial charge in [-0.3, -0.25) is 4.79 Å². The molecule has 8 nitrogen and oxygen atoms in total. The summed E-state index contributed by atoms with van der Waals surface area (Å²) in [5, 5.41) is 2.96. The second kappa shape index (κ2) is 10.2. The number of amides is 1. The van der Waals surface area contributed by atoms with Gasteiger partial charge in [0.2, 0.25) is 15.9 Å². The lowest BCUT2D eigenvalue weighted by molar-refractivity contribution is -0.116. The number of aryl methyl sites for hydroxylation is 2. The van der Waals surface area contributed by atoms with Crippen LogP contribution in [-0.4, -0.2) is 66.8 Å². The van der Waals surface area contributed by atoms with Gasteiger partial charge in [-0.25, -0.2) is 17.7 Å².